The van der Waals surface area contributed by atoms with Gasteiger partial charge in [-0.25, -0.2) is 4.39 Å². The van der Waals surface area contributed by atoms with E-state index in [1.165, 1.54) is 23.5 Å². The quantitative estimate of drug-likeness (QED) is 0.690. The van der Waals surface area contributed by atoms with Gasteiger partial charge in [0.25, 0.3) is 0 Å². The van der Waals surface area contributed by atoms with E-state index in [4.69, 9.17) is 4.42 Å². The average Bonchev–Trinajstić information content (AvgIpc) is 3.16. The van der Waals surface area contributed by atoms with Gasteiger partial charge >= 0.3 is 0 Å². The molecule has 0 spiro atoms. The van der Waals surface area contributed by atoms with Crippen LogP contribution in [0.2, 0.25) is 0 Å². The van der Waals surface area contributed by atoms with Gasteiger partial charge in [-0.1, -0.05) is 35.2 Å². The maximum absolute atomic E-state index is 12.8. The number of rotatable bonds is 6. The van der Waals surface area contributed by atoms with Crippen LogP contribution in [0.5, 0.6) is 0 Å². The van der Waals surface area contributed by atoms with Crippen LogP contribution in [0.4, 0.5) is 9.52 Å². The fourth-order valence-corrected chi connectivity index (χ4v) is 3.34. The van der Waals surface area contributed by atoms with E-state index in [1.807, 2.05) is 12.1 Å². The standard InChI is InChI=1S/C14H12FN3OS2/c15-11-5-3-10(4-6-11)9-20-14-18-17-13(21-14)16-8-12-2-1-7-19-12/h1-7H,8-9H2,(H,16,17). The Morgan fingerprint density at radius 3 is 2.81 bits per heavy atom. The highest BCUT2D eigenvalue weighted by atomic mass is 32.2. The molecule has 21 heavy (non-hydrogen) atoms. The highest BCUT2D eigenvalue weighted by molar-refractivity contribution is 8.00. The van der Waals surface area contributed by atoms with Crippen molar-refractivity contribution in [3.8, 4) is 0 Å². The van der Waals surface area contributed by atoms with Crippen molar-refractivity contribution in [2.75, 3.05) is 5.32 Å². The van der Waals surface area contributed by atoms with Crippen molar-refractivity contribution in [1.29, 1.82) is 0 Å². The Labute approximate surface area is 129 Å². The third-order valence-corrected chi connectivity index (χ3v) is 4.76. The summed E-state index contributed by atoms with van der Waals surface area (Å²) in [5, 5.41) is 12.1. The zero-order valence-electron chi connectivity index (χ0n) is 11.0. The number of thioether (sulfide) groups is 1. The Kier molecular flexibility index (Phi) is 4.52. The topological polar surface area (TPSA) is 51.0 Å². The molecular formula is C14H12FN3OS2. The van der Waals surface area contributed by atoms with Crippen molar-refractivity contribution in [3.63, 3.8) is 0 Å². The molecule has 0 radical (unpaired) electrons. The van der Waals surface area contributed by atoms with Crippen LogP contribution in [-0.2, 0) is 12.3 Å². The third kappa shape index (κ3) is 4.05. The number of hydrogen-bond acceptors (Lipinski definition) is 6. The largest absolute Gasteiger partial charge is 0.467 e. The van der Waals surface area contributed by atoms with Gasteiger partial charge in [-0.3, -0.25) is 0 Å². The number of anilines is 1. The summed E-state index contributed by atoms with van der Waals surface area (Å²) in [7, 11) is 0. The zero-order valence-corrected chi connectivity index (χ0v) is 12.6. The first-order valence-electron chi connectivity index (χ1n) is 6.26. The van der Waals surface area contributed by atoms with Gasteiger partial charge in [0.2, 0.25) is 5.13 Å². The van der Waals surface area contributed by atoms with E-state index in [-0.39, 0.29) is 5.82 Å². The first-order chi connectivity index (χ1) is 10.3. The number of furan rings is 1. The van der Waals surface area contributed by atoms with Crippen LogP contribution in [0.3, 0.4) is 0 Å². The van der Waals surface area contributed by atoms with Crippen LogP contribution in [0.15, 0.2) is 51.4 Å². The summed E-state index contributed by atoms with van der Waals surface area (Å²) in [5.41, 5.74) is 1.06. The Bertz CT molecular complexity index is 683. The molecule has 1 N–H and O–H groups in total. The average molecular weight is 321 g/mol. The van der Waals surface area contributed by atoms with E-state index in [2.05, 4.69) is 15.5 Å². The van der Waals surface area contributed by atoms with Crippen LogP contribution < -0.4 is 5.32 Å². The van der Waals surface area contributed by atoms with Crippen molar-refractivity contribution < 1.29 is 8.81 Å². The number of hydrogen-bond donors (Lipinski definition) is 1. The lowest BCUT2D eigenvalue weighted by molar-refractivity contribution is 0.518. The molecule has 0 fully saturated rings. The molecule has 3 rings (SSSR count). The number of nitrogens with one attached hydrogen (secondary N) is 1. The molecule has 0 aliphatic carbocycles. The molecule has 0 saturated carbocycles. The van der Waals surface area contributed by atoms with Crippen molar-refractivity contribution in [2.45, 2.75) is 16.6 Å². The lowest BCUT2D eigenvalue weighted by Gasteiger charge is -1.98. The van der Waals surface area contributed by atoms with Crippen LogP contribution in [0.25, 0.3) is 0 Å². The smallest absolute Gasteiger partial charge is 0.206 e. The van der Waals surface area contributed by atoms with Crippen LogP contribution in [-0.4, -0.2) is 10.2 Å². The minimum Gasteiger partial charge on any atom is -0.467 e. The minimum absolute atomic E-state index is 0.218. The van der Waals surface area contributed by atoms with Crippen LogP contribution >= 0.6 is 23.1 Å². The monoisotopic (exact) mass is 321 g/mol. The fourth-order valence-electron chi connectivity index (χ4n) is 1.64. The summed E-state index contributed by atoms with van der Waals surface area (Å²) in [6.45, 7) is 0.588. The molecule has 4 nitrogen and oxygen atoms in total. The highest BCUT2D eigenvalue weighted by Gasteiger charge is 2.06. The van der Waals surface area contributed by atoms with Gasteiger partial charge in [-0.15, -0.1) is 10.2 Å². The first kappa shape index (κ1) is 14.1. The van der Waals surface area contributed by atoms with Gasteiger partial charge < -0.3 is 9.73 Å². The maximum Gasteiger partial charge on any atom is 0.206 e. The fraction of sp³-hybridized carbons (Fsp3) is 0.143. The molecular weight excluding hydrogens is 309 g/mol. The molecule has 0 aliphatic rings. The Hall–Kier alpha value is -1.86. The molecule has 0 aliphatic heterocycles. The SMILES string of the molecule is Fc1ccc(CSc2nnc(NCc3ccco3)s2)cc1. The second-order valence-electron chi connectivity index (χ2n) is 4.22. The molecule has 0 unspecified atom stereocenters. The maximum atomic E-state index is 12.8. The number of aromatic nitrogens is 2. The van der Waals surface area contributed by atoms with Crippen molar-refractivity contribution in [1.82, 2.24) is 10.2 Å². The normalized spacial score (nSPS) is 10.7. The Balaban J connectivity index is 1.51. The molecule has 0 amide bonds. The van der Waals surface area contributed by atoms with Crippen molar-refractivity contribution in [3.05, 3.63) is 59.8 Å². The minimum atomic E-state index is -0.218. The van der Waals surface area contributed by atoms with Gasteiger partial charge in [0.15, 0.2) is 4.34 Å². The van der Waals surface area contributed by atoms with Gasteiger partial charge in [0, 0.05) is 5.75 Å². The van der Waals surface area contributed by atoms with Crippen molar-refractivity contribution in [2.24, 2.45) is 0 Å². The third-order valence-electron chi connectivity index (χ3n) is 2.68. The van der Waals surface area contributed by atoms with Gasteiger partial charge in [0.05, 0.1) is 12.8 Å². The summed E-state index contributed by atoms with van der Waals surface area (Å²) in [6.07, 6.45) is 1.64. The summed E-state index contributed by atoms with van der Waals surface area (Å²) >= 11 is 3.07. The number of halogens is 1. The van der Waals surface area contributed by atoms with E-state index in [0.29, 0.717) is 6.54 Å². The molecule has 2 heterocycles. The molecule has 0 atom stereocenters. The molecule has 0 bridgehead atoms. The van der Waals surface area contributed by atoms with Gasteiger partial charge in [-0.05, 0) is 29.8 Å². The van der Waals surface area contributed by atoms with E-state index in [1.54, 1.807) is 30.2 Å². The second-order valence-corrected chi connectivity index (χ2v) is 6.42. The Morgan fingerprint density at radius 1 is 1.19 bits per heavy atom. The van der Waals surface area contributed by atoms with E-state index < -0.39 is 0 Å². The van der Waals surface area contributed by atoms with Crippen LogP contribution in [0, 0.1) is 5.82 Å². The number of nitrogens with zero attached hydrogens (tertiary/aromatic N) is 2. The lowest BCUT2D eigenvalue weighted by atomic mass is 10.2. The predicted molar refractivity (Wildman–Crippen MR) is 81.9 cm³/mol. The summed E-state index contributed by atoms with van der Waals surface area (Å²) in [6, 6.07) is 10.2. The molecule has 7 heteroatoms. The van der Waals surface area contributed by atoms with E-state index in [9.17, 15) is 4.39 Å². The highest BCUT2D eigenvalue weighted by Crippen LogP contribution is 2.28. The van der Waals surface area contributed by atoms with Gasteiger partial charge in [-0.2, -0.15) is 0 Å². The van der Waals surface area contributed by atoms with E-state index >= 15 is 0 Å². The van der Waals surface area contributed by atoms with Crippen LogP contribution in [0.1, 0.15) is 11.3 Å². The summed E-state index contributed by atoms with van der Waals surface area (Å²) in [5.74, 6) is 1.38. The summed E-state index contributed by atoms with van der Waals surface area (Å²) in [4.78, 5) is 0. The first-order valence-corrected chi connectivity index (χ1v) is 8.07. The number of benzene rings is 1. The lowest BCUT2D eigenvalue weighted by Crippen LogP contribution is -1.96. The van der Waals surface area contributed by atoms with Crippen molar-refractivity contribution >= 4 is 28.2 Å². The summed E-state index contributed by atoms with van der Waals surface area (Å²) < 4.78 is 18.9. The zero-order chi connectivity index (χ0) is 14.5. The molecule has 2 aromatic heterocycles. The molecule has 0 saturated heterocycles. The molecule has 3 aromatic rings. The molecule has 1 aromatic carbocycles. The van der Waals surface area contributed by atoms with Gasteiger partial charge in [0.1, 0.15) is 11.6 Å². The predicted octanol–water partition coefficient (Wildman–Crippen LogP) is 4.17. The second kappa shape index (κ2) is 6.73. The Morgan fingerprint density at radius 2 is 2.05 bits per heavy atom. The van der Waals surface area contributed by atoms with E-state index in [0.717, 1.165) is 26.5 Å². The molecule has 108 valence electrons.